The van der Waals surface area contributed by atoms with Crippen LogP contribution in [0.3, 0.4) is 0 Å². The zero-order chi connectivity index (χ0) is 12.5. The van der Waals surface area contributed by atoms with E-state index in [1.165, 1.54) is 25.7 Å². The van der Waals surface area contributed by atoms with Crippen LogP contribution in [0.1, 0.15) is 39.5 Å². The van der Waals surface area contributed by atoms with Gasteiger partial charge >= 0.3 is 0 Å². The number of rotatable bonds is 3. The molecule has 17 heavy (non-hydrogen) atoms. The number of hydrogen-bond acceptors (Lipinski definition) is 3. The average Bonchev–Trinajstić information content (AvgIpc) is 2.76. The van der Waals surface area contributed by atoms with Crippen LogP contribution < -0.4 is 5.73 Å². The van der Waals surface area contributed by atoms with Gasteiger partial charge in [0.2, 0.25) is 0 Å². The molecular weight excluding hydrogens is 212 g/mol. The van der Waals surface area contributed by atoms with Gasteiger partial charge in [-0.25, -0.2) is 0 Å². The van der Waals surface area contributed by atoms with Crippen LogP contribution in [-0.4, -0.2) is 43.8 Å². The highest BCUT2D eigenvalue weighted by Crippen LogP contribution is 2.38. The lowest BCUT2D eigenvalue weighted by molar-refractivity contribution is 0.0993. The van der Waals surface area contributed by atoms with Crippen molar-refractivity contribution >= 4 is 0 Å². The van der Waals surface area contributed by atoms with Crippen molar-refractivity contribution in [2.45, 2.75) is 51.6 Å². The van der Waals surface area contributed by atoms with Crippen molar-refractivity contribution in [3.63, 3.8) is 0 Å². The quantitative estimate of drug-likeness (QED) is 0.818. The fourth-order valence-corrected chi connectivity index (χ4v) is 3.34. The maximum atomic E-state index is 6.29. The van der Waals surface area contributed by atoms with Crippen LogP contribution in [0.15, 0.2) is 0 Å². The molecule has 0 amide bonds. The molecule has 2 aliphatic rings. The summed E-state index contributed by atoms with van der Waals surface area (Å²) in [7, 11) is 2.23. The first-order valence-corrected chi connectivity index (χ1v) is 7.01. The second-order valence-corrected chi connectivity index (χ2v) is 6.79. The van der Waals surface area contributed by atoms with Crippen LogP contribution >= 0.6 is 0 Å². The fourth-order valence-electron chi connectivity index (χ4n) is 3.34. The van der Waals surface area contributed by atoms with Crippen molar-refractivity contribution in [2.24, 2.45) is 17.1 Å². The van der Waals surface area contributed by atoms with Crippen molar-refractivity contribution in [3.05, 3.63) is 0 Å². The Hall–Kier alpha value is -0.120. The maximum absolute atomic E-state index is 6.29. The minimum Gasteiger partial charge on any atom is -0.380 e. The highest BCUT2D eigenvalue weighted by Gasteiger charge is 2.34. The number of hydrogen-bond donors (Lipinski definition) is 1. The zero-order valence-corrected chi connectivity index (χ0v) is 11.6. The molecule has 3 atom stereocenters. The Labute approximate surface area is 106 Å². The molecule has 1 saturated heterocycles. The van der Waals surface area contributed by atoms with Crippen molar-refractivity contribution in [1.82, 2.24) is 4.90 Å². The minimum absolute atomic E-state index is 0.396. The molecule has 2 fully saturated rings. The van der Waals surface area contributed by atoms with Crippen molar-refractivity contribution < 1.29 is 4.74 Å². The van der Waals surface area contributed by atoms with Gasteiger partial charge in [0.1, 0.15) is 0 Å². The van der Waals surface area contributed by atoms with Gasteiger partial charge in [0.15, 0.2) is 0 Å². The highest BCUT2D eigenvalue weighted by atomic mass is 16.5. The molecule has 2 rings (SSSR count). The van der Waals surface area contributed by atoms with Crippen LogP contribution in [0.5, 0.6) is 0 Å². The molecule has 0 radical (unpaired) electrons. The average molecular weight is 240 g/mol. The number of likely N-dealkylation sites (N-methyl/N-ethyl adjacent to an activating group) is 1. The van der Waals surface area contributed by atoms with Crippen LogP contribution in [0.2, 0.25) is 0 Å². The fraction of sp³-hybridized carbons (Fsp3) is 1.00. The maximum Gasteiger partial charge on any atom is 0.0622 e. The molecule has 3 heteroatoms. The normalized spacial score (nSPS) is 37.6. The second kappa shape index (κ2) is 5.25. The van der Waals surface area contributed by atoms with Gasteiger partial charge in [0, 0.05) is 25.2 Å². The van der Waals surface area contributed by atoms with E-state index >= 15 is 0 Å². The largest absolute Gasteiger partial charge is 0.380 e. The van der Waals surface area contributed by atoms with E-state index in [1.54, 1.807) is 0 Å². The Bertz CT molecular complexity index is 249. The lowest BCUT2D eigenvalue weighted by Crippen LogP contribution is -2.46. The summed E-state index contributed by atoms with van der Waals surface area (Å²) < 4.78 is 5.46. The molecule has 3 nitrogen and oxygen atoms in total. The first-order chi connectivity index (χ1) is 7.98. The molecular formula is C14H28N2O. The molecule has 0 aromatic heterocycles. The van der Waals surface area contributed by atoms with Crippen molar-refractivity contribution in [2.75, 3.05) is 26.8 Å². The van der Waals surface area contributed by atoms with E-state index < -0.39 is 0 Å². The molecule has 1 heterocycles. The molecule has 1 aliphatic carbocycles. The monoisotopic (exact) mass is 240 g/mol. The van der Waals surface area contributed by atoms with E-state index in [2.05, 4.69) is 25.8 Å². The number of ether oxygens (including phenoxy) is 1. The summed E-state index contributed by atoms with van der Waals surface area (Å²) in [5.41, 5.74) is 6.77. The molecule has 2 N–H and O–H groups in total. The highest BCUT2D eigenvalue weighted by molar-refractivity contribution is 4.89. The Morgan fingerprint density at radius 1 is 1.35 bits per heavy atom. The molecule has 0 spiro atoms. The SMILES string of the molecule is CN(CC1CC(C)(C)CCC1N)C1CCOC1. The van der Waals surface area contributed by atoms with Crippen LogP contribution in [0, 0.1) is 11.3 Å². The Balaban J connectivity index is 1.87. The van der Waals surface area contributed by atoms with E-state index in [1.807, 2.05) is 0 Å². The minimum atomic E-state index is 0.396. The first kappa shape index (κ1) is 13.3. The first-order valence-electron chi connectivity index (χ1n) is 7.01. The third-order valence-corrected chi connectivity index (χ3v) is 4.63. The van der Waals surface area contributed by atoms with Gasteiger partial charge in [-0.3, -0.25) is 0 Å². The molecule has 1 aliphatic heterocycles. The molecule has 1 saturated carbocycles. The standard InChI is InChI=1S/C14H28N2O/c1-14(2)6-4-13(15)11(8-14)9-16(3)12-5-7-17-10-12/h11-13H,4-10,15H2,1-3H3. The van der Waals surface area contributed by atoms with Crippen molar-refractivity contribution in [1.29, 1.82) is 0 Å². The van der Waals surface area contributed by atoms with Crippen LogP contribution in [0.4, 0.5) is 0 Å². The summed E-state index contributed by atoms with van der Waals surface area (Å²) in [6.07, 6.45) is 4.92. The Kier molecular flexibility index (Phi) is 4.11. The lowest BCUT2D eigenvalue weighted by Gasteiger charge is -2.41. The van der Waals surface area contributed by atoms with Gasteiger partial charge < -0.3 is 15.4 Å². The van der Waals surface area contributed by atoms with Crippen LogP contribution in [-0.2, 0) is 4.74 Å². The van der Waals surface area contributed by atoms with E-state index in [0.717, 1.165) is 19.8 Å². The molecule has 100 valence electrons. The summed E-state index contributed by atoms with van der Waals surface area (Å²) in [5.74, 6) is 0.657. The van der Waals surface area contributed by atoms with E-state index in [0.29, 0.717) is 23.4 Å². The van der Waals surface area contributed by atoms with Gasteiger partial charge in [-0.15, -0.1) is 0 Å². The smallest absolute Gasteiger partial charge is 0.0622 e. The van der Waals surface area contributed by atoms with E-state index in [-0.39, 0.29) is 0 Å². The lowest BCUT2D eigenvalue weighted by atomic mass is 9.70. The van der Waals surface area contributed by atoms with Gasteiger partial charge in [-0.1, -0.05) is 13.8 Å². The topological polar surface area (TPSA) is 38.5 Å². The third-order valence-electron chi connectivity index (χ3n) is 4.63. The Morgan fingerprint density at radius 2 is 2.12 bits per heavy atom. The molecule has 0 aromatic rings. The summed E-state index contributed by atoms with van der Waals surface area (Å²) >= 11 is 0. The summed E-state index contributed by atoms with van der Waals surface area (Å²) in [6, 6.07) is 1.01. The molecule has 0 bridgehead atoms. The van der Waals surface area contributed by atoms with Crippen LogP contribution in [0.25, 0.3) is 0 Å². The van der Waals surface area contributed by atoms with Gasteiger partial charge in [0.25, 0.3) is 0 Å². The van der Waals surface area contributed by atoms with Gasteiger partial charge in [-0.05, 0) is 44.1 Å². The summed E-state index contributed by atoms with van der Waals surface area (Å²) in [4.78, 5) is 2.47. The predicted molar refractivity (Wildman–Crippen MR) is 71.0 cm³/mol. The number of nitrogens with zero attached hydrogens (tertiary/aromatic N) is 1. The van der Waals surface area contributed by atoms with Crippen molar-refractivity contribution in [3.8, 4) is 0 Å². The summed E-state index contributed by atoms with van der Waals surface area (Å²) in [5, 5.41) is 0. The third kappa shape index (κ3) is 3.43. The number of nitrogens with two attached hydrogens (primary N) is 1. The van der Waals surface area contributed by atoms with E-state index in [4.69, 9.17) is 10.5 Å². The predicted octanol–water partition coefficient (Wildman–Crippen LogP) is 1.86. The van der Waals surface area contributed by atoms with E-state index in [9.17, 15) is 0 Å². The molecule has 0 aromatic carbocycles. The second-order valence-electron chi connectivity index (χ2n) is 6.79. The molecule has 3 unspecified atom stereocenters. The summed E-state index contributed by atoms with van der Waals surface area (Å²) in [6.45, 7) is 7.73. The van der Waals surface area contributed by atoms with Gasteiger partial charge in [0.05, 0.1) is 6.61 Å². The Morgan fingerprint density at radius 3 is 2.76 bits per heavy atom. The zero-order valence-electron chi connectivity index (χ0n) is 11.6. The van der Waals surface area contributed by atoms with Gasteiger partial charge in [-0.2, -0.15) is 0 Å².